The highest BCUT2D eigenvalue weighted by molar-refractivity contribution is 9.08. The van der Waals surface area contributed by atoms with Crippen molar-refractivity contribution < 1.29 is 9.72 Å². The number of halogens is 1. The van der Waals surface area contributed by atoms with Crippen LogP contribution >= 0.6 is 15.9 Å². The Kier molecular flexibility index (Phi) is 4.70. The predicted molar refractivity (Wildman–Crippen MR) is 84.9 cm³/mol. The number of hydrogen-bond acceptors (Lipinski definition) is 3. The Morgan fingerprint density at radius 2 is 1.90 bits per heavy atom. The summed E-state index contributed by atoms with van der Waals surface area (Å²) in [4.78, 5) is 22.4. The molecule has 0 aliphatic rings. The van der Waals surface area contributed by atoms with Gasteiger partial charge in [-0.15, -0.1) is 0 Å². The Morgan fingerprint density at radius 3 is 2.43 bits per heavy atom. The number of anilines is 1. The number of aryl methyl sites for hydroxylation is 1. The van der Waals surface area contributed by atoms with Gasteiger partial charge in [0.25, 0.3) is 11.6 Å². The number of hydrogen-bond donors (Lipinski definition) is 1. The van der Waals surface area contributed by atoms with Crippen LogP contribution < -0.4 is 5.32 Å². The molecule has 21 heavy (non-hydrogen) atoms. The van der Waals surface area contributed by atoms with Gasteiger partial charge in [-0.2, -0.15) is 0 Å². The zero-order chi connectivity index (χ0) is 15.4. The minimum absolute atomic E-state index is 0.00664. The minimum Gasteiger partial charge on any atom is -0.322 e. The molecule has 0 aromatic heterocycles. The molecule has 0 spiro atoms. The van der Waals surface area contributed by atoms with E-state index in [0.29, 0.717) is 16.8 Å². The SMILES string of the molecule is Cc1cc([N+](=O)[O-])ccc1NC(=O)c1ccc(CBr)cc1. The molecule has 0 unspecified atom stereocenters. The predicted octanol–water partition coefficient (Wildman–Crippen LogP) is 4.05. The summed E-state index contributed by atoms with van der Waals surface area (Å²) >= 11 is 3.35. The van der Waals surface area contributed by atoms with Crippen molar-refractivity contribution in [1.29, 1.82) is 0 Å². The molecular weight excluding hydrogens is 336 g/mol. The Morgan fingerprint density at radius 1 is 1.24 bits per heavy atom. The number of non-ortho nitro benzene ring substituents is 1. The van der Waals surface area contributed by atoms with E-state index in [1.807, 2.05) is 12.1 Å². The Hall–Kier alpha value is -2.21. The molecule has 2 aromatic rings. The van der Waals surface area contributed by atoms with Gasteiger partial charge >= 0.3 is 0 Å². The first-order valence-electron chi connectivity index (χ1n) is 6.22. The van der Waals surface area contributed by atoms with E-state index in [9.17, 15) is 14.9 Å². The molecule has 0 fully saturated rings. The van der Waals surface area contributed by atoms with E-state index in [-0.39, 0.29) is 11.6 Å². The highest BCUT2D eigenvalue weighted by Crippen LogP contribution is 2.21. The van der Waals surface area contributed by atoms with Crippen molar-refractivity contribution >= 4 is 33.2 Å². The molecule has 108 valence electrons. The van der Waals surface area contributed by atoms with Crippen molar-refractivity contribution in [3.63, 3.8) is 0 Å². The van der Waals surface area contributed by atoms with Gasteiger partial charge in [0.05, 0.1) is 4.92 Å². The molecule has 1 amide bonds. The fourth-order valence-corrected chi connectivity index (χ4v) is 2.22. The number of benzene rings is 2. The molecule has 0 atom stereocenters. The first-order chi connectivity index (χ1) is 10.0. The van der Waals surface area contributed by atoms with Gasteiger partial charge in [0.2, 0.25) is 0 Å². The maximum absolute atomic E-state index is 12.1. The summed E-state index contributed by atoms with van der Waals surface area (Å²) in [5.41, 5.74) is 2.84. The molecule has 5 nitrogen and oxygen atoms in total. The second-order valence-electron chi connectivity index (χ2n) is 4.54. The van der Waals surface area contributed by atoms with Crippen molar-refractivity contribution in [1.82, 2.24) is 0 Å². The zero-order valence-corrected chi connectivity index (χ0v) is 12.9. The molecule has 0 heterocycles. The van der Waals surface area contributed by atoms with Gasteiger partial charge in [-0.3, -0.25) is 14.9 Å². The quantitative estimate of drug-likeness (QED) is 0.514. The van der Waals surface area contributed by atoms with E-state index >= 15 is 0 Å². The van der Waals surface area contributed by atoms with Crippen LogP contribution in [0.2, 0.25) is 0 Å². The monoisotopic (exact) mass is 348 g/mol. The van der Waals surface area contributed by atoms with Crippen LogP contribution in [-0.4, -0.2) is 10.8 Å². The van der Waals surface area contributed by atoms with Gasteiger partial charge < -0.3 is 5.32 Å². The van der Waals surface area contributed by atoms with Crippen LogP contribution in [0, 0.1) is 17.0 Å². The minimum atomic E-state index is -0.461. The van der Waals surface area contributed by atoms with Crippen molar-refractivity contribution in [3.05, 3.63) is 69.3 Å². The van der Waals surface area contributed by atoms with Crippen LogP contribution in [0.15, 0.2) is 42.5 Å². The number of alkyl halides is 1. The van der Waals surface area contributed by atoms with Crippen LogP contribution in [0.1, 0.15) is 21.5 Å². The van der Waals surface area contributed by atoms with E-state index in [2.05, 4.69) is 21.2 Å². The lowest BCUT2D eigenvalue weighted by atomic mass is 10.1. The Balaban J connectivity index is 2.17. The lowest BCUT2D eigenvalue weighted by Crippen LogP contribution is -2.12. The highest BCUT2D eigenvalue weighted by Gasteiger charge is 2.11. The van der Waals surface area contributed by atoms with Crippen molar-refractivity contribution in [2.75, 3.05) is 5.32 Å². The van der Waals surface area contributed by atoms with Crippen LogP contribution in [-0.2, 0) is 5.33 Å². The number of carbonyl (C=O) groups is 1. The van der Waals surface area contributed by atoms with Gasteiger partial charge in [-0.25, -0.2) is 0 Å². The van der Waals surface area contributed by atoms with Gasteiger partial charge in [-0.05, 0) is 36.2 Å². The number of nitrogens with one attached hydrogen (secondary N) is 1. The van der Waals surface area contributed by atoms with Crippen molar-refractivity contribution in [2.45, 2.75) is 12.3 Å². The van der Waals surface area contributed by atoms with Crippen LogP contribution in [0.3, 0.4) is 0 Å². The third kappa shape index (κ3) is 3.66. The first kappa shape index (κ1) is 15.2. The summed E-state index contributed by atoms with van der Waals surface area (Å²) in [5.74, 6) is -0.243. The summed E-state index contributed by atoms with van der Waals surface area (Å²) in [6.07, 6.45) is 0. The summed E-state index contributed by atoms with van der Waals surface area (Å²) in [6, 6.07) is 11.6. The number of nitrogens with zero attached hydrogens (tertiary/aromatic N) is 1. The lowest BCUT2D eigenvalue weighted by molar-refractivity contribution is -0.384. The number of rotatable bonds is 4. The smallest absolute Gasteiger partial charge is 0.269 e. The van der Waals surface area contributed by atoms with Crippen LogP contribution in [0.5, 0.6) is 0 Å². The molecule has 0 saturated carbocycles. The maximum atomic E-state index is 12.1. The summed E-state index contributed by atoms with van der Waals surface area (Å²) in [5, 5.41) is 14.2. The molecule has 2 aromatic carbocycles. The average Bonchev–Trinajstić information content (AvgIpc) is 2.49. The number of nitro groups is 1. The third-order valence-electron chi connectivity index (χ3n) is 3.04. The van der Waals surface area contributed by atoms with Crippen molar-refractivity contribution in [3.8, 4) is 0 Å². The summed E-state index contributed by atoms with van der Waals surface area (Å²) < 4.78 is 0. The molecule has 0 radical (unpaired) electrons. The number of nitro benzene ring substituents is 1. The lowest BCUT2D eigenvalue weighted by Gasteiger charge is -2.08. The first-order valence-corrected chi connectivity index (χ1v) is 7.34. The van der Waals surface area contributed by atoms with E-state index in [1.54, 1.807) is 19.1 Å². The average molecular weight is 349 g/mol. The molecular formula is C15H13BrN2O3. The topological polar surface area (TPSA) is 72.2 Å². The van der Waals surface area contributed by atoms with E-state index in [1.165, 1.54) is 18.2 Å². The maximum Gasteiger partial charge on any atom is 0.269 e. The molecule has 0 bridgehead atoms. The summed E-state index contributed by atoms with van der Waals surface area (Å²) in [6.45, 7) is 1.72. The molecule has 1 N–H and O–H groups in total. The standard InChI is InChI=1S/C15H13BrN2O3/c1-10-8-13(18(20)21)6-7-14(10)17-15(19)12-4-2-11(9-16)3-5-12/h2-8H,9H2,1H3,(H,17,19). The van der Waals surface area contributed by atoms with Gasteiger partial charge in [0, 0.05) is 28.7 Å². The zero-order valence-electron chi connectivity index (χ0n) is 11.3. The number of carbonyl (C=O) groups excluding carboxylic acids is 1. The van der Waals surface area contributed by atoms with Gasteiger partial charge in [0.15, 0.2) is 0 Å². The highest BCUT2D eigenvalue weighted by atomic mass is 79.9. The third-order valence-corrected chi connectivity index (χ3v) is 3.69. The second-order valence-corrected chi connectivity index (χ2v) is 5.10. The summed E-state index contributed by atoms with van der Waals surface area (Å²) in [7, 11) is 0. The molecule has 0 saturated heterocycles. The second kappa shape index (κ2) is 6.49. The molecule has 0 aliphatic carbocycles. The van der Waals surface area contributed by atoms with Gasteiger partial charge in [0.1, 0.15) is 0 Å². The van der Waals surface area contributed by atoms with Crippen molar-refractivity contribution in [2.24, 2.45) is 0 Å². The van der Waals surface area contributed by atoms with E-state index in [0.717, 1.165) is 10.9 Å². The van der Waals surface area contributed by atoms with E-state index in [4.69, 9.17) is 0 Å². The Labute approximate surface area is 130 Å². The normalized spacial score (nSPS) is 10.2. The Bertz CT molecular complexity index is 684. The largest absolute Gasteiger partial charge is 0.322 e. The fraction of sp³-hybridized carbons (Fsp3) is 0.133. The molecule has 6 heteroatoms. The molecule has 2 rings (SSSR count). The molecule has 0 aliphatic heterocycles. The number of amides is 1. The van der Waals surface area contributed by atoms with Crippen LogP contribution in [0.25, 0.3) is 0 Å². The van der Waals surface area contributed by atoms with Crippen LogP contribution in [0.4, 0.5) is 11.4 Å². The van der Waals surface area contributed by atoms with Gasteiger partial charge in [-0.1, -0.05) is 28.1 Å². The fourth-order valence-electron chi connectivity index (χ4n) is 1.84. The van der Waals surface area contributed by atoms with E-state index < -0.39 is 4.92 Å².